The fourth-order valence-electron chi connectivity index (χ4n) is 3.65. The molecular weight excluding hydrogens is 254 g/mol. The summed E-state index contributed by atoms with van der Waals surface area (Å²) in [7, 11) is 2.14. The predicted molar refractivity (Wildman–Crippen MR) is 73.5 cm³/mol. The number of rotatable bonds is 2. The summed E-state index contributed by atoms with van der Waals surface area (Å²) in [5, 5.41) is 4.00. The number of hydrogen-bond acceptors (Lipinski definition) is 4. The summed E-state index contributed by atoms with van der Waals surface area (Å²) >= 11 is 0. The molecule has 108 valence electrons. The van der Waals surface area contributed by atoms with Gasteiger partial charge in [-0.2, -0.15) is 0 Å². The number of amides is 1. The van der Waals surface area contributed by atoms with Crippen LogP contribution in [0, 0.1) is 5.92 Å². The van der Waals surface area contributed by atoms with Crippen molar-refractivity contribution in [1.82, 2.24) is 15.0 Å². The Bertz CT molecular complexity index is 523. The highest BCUT2D eigenvalue weighted by atomic mass is 16.5. The van der Waals surface area contributed by atoms with Gasteiger partial charge in [0, 0.05) is 31.1 Å². The van der Waals surface area contributed by atoms with E-state index in [2.05, 4.69) is 17.1 Å². The van der Waals surface area contributed by atoms with E-state index in [1.54, 1.807) is 0 Å². The van der Waals surface area contributed by atoms with E-state index < -0.39 is 0 Å². The lowest BCUT2D eigenvalue weighted by Crippen LogP contribution is -2.48. The van der Waals surface area contributed by atoms with Crippen molar-refractivity contribution < 1.29 is 9.32 Å². The summed E-state index contributed by atoms with van der Waals surface area (Å²) in [5.74, 6) is 2.13. The summed E-state index contributed by atoms with van der Waals surface area (Å²) in [4.78, 5) is 17.0. The zero-order chi connectivity index (χ0) is 13.7. The molecule has 1 aromatic rings. The second-order valence-electron chi connectivity index (χ2n) is 6.55. The van der Waals surface area contributed by atoms with E-state index in [0.29, 0.717) is 23.6 Å². The summed E-state index contributed by atoms with van der Waals surface area (Å²) in [6.07, 6.45) is 4.68. The van der Waals surface area contributed by atoms with Crippen molar-refractivity contribution in [2.45, 2.75) is 37.6 Å². The molecule has 4 rings (SSSR count). The van der Waals surface area contributed by atoms with Crippen molar-refractivity contribution >= 4 is 5.91 Å². The fraction of sp³-hybridized carbons (Fsp3) is 0.733. The van der Waals surface area contributed by atoms with E-state index in [0.717, 1.165) is 31.8 Å². The van der Waals surface area contributed by atoms with E-state index in [4.69, 9.17) is 4.52 Å². The van der Waals surface area contributed by atoms with Gasteiger partial charge in [0.15, 0.2) is 5.69 Å². The Balaban J connectivity index is 1.52. The first-order valence-electron chi connectivity index (χ1n) is 7.68. The van der Waals surface area contributed by atoms with Crippen LogP contribution in [0.1, 0.15) is 47.8 Å². The molecule has 3 fully saturated rings. The summed E-state index contributed by atoms with van der Waals surface area (Å²) in [6.45, 7) is 3.01. The van der Waals surface area contributed by atoms with Crippen LogP contribution in [-0.2, 0) is 0 Å². The Hall–Kier alpha value is -1.36. The highest BCUT2D eigenvalue weighted by Gasteiger charge is 2.41. The van der Waals surface area contributed by atoms with E-state index in [1.165, 1.54) is 19.3 Å². The van der Waals surface area contributed by atoms with E-state index in [9.17, 15) is 4.79 Å². The molecule has 2 atom stereocenters. The number of carbonyl (C=O) groups excluding carboxylic acids is 1. The van der Waals surface area contributed by atoms with Crippen LogP contribution in [0.25, 0.3) is 0 Å². The van der Waals surface area contributed by atoms with Crippen molar-refractivity contribution in [2.24, 2.45) is 5.92 Å². The van der Waals surface area contributed by atoms with Crippen LogP contribution < -0.4 is 0 Å². The Labute approximate surface area is 118 Å². The van der Waals surface area contributed by atoms with Crippen LogP contribution in [0.2, 0.25) is 0 Å². The molecule has 1 aromatic heterocycles. The second-order valence-corrected chi connectivity index (χ2v) is 6.55. The standard InChI is InChI=1S/C15H21N3O2/c1-17-6-4-10-5-7-18(13(10)9-17)15(19)12-8-14(20-16-12)11-2-3-11/h8,10-11,13H,2-7,9H2,1H3/t10-,13-/m0/s1. The molecule has 5 heteroatoms. The smallest absolute Gasteiger partial charge is 0.276 e. The maximum Gasteiger partial charge on any atom is 0.276 e. The monoisotopic (exact) mass is 275 g/mol. The summed E-state index contributed by atoms with van der Waals surface area (Å²) < 4.78 is 5.32. The lowest BCUT2D eigenvalue weighted by atomic mass is 9.92. The minimum absolute atomic E-state index is 0.0588. The van der Waals surface area contributed by atoms with Gasteiger partial charge in [-0.05, 0) is 45.2 Å². The van der Waals surface area contributed by atoms with Crippen LogP contribution >= 0.6 is 0 Å². The third-order valence-electron chi connectivity index (χ3n) is 5.05. The van der Waals surface area contributed by atoms with E-state index in [-0.39, 0.29) is 5.91 Å². The van der Waals surface area contributed by atoms with E-state index >= 15 is 0 Å². The van der Waals surface area contributed by atoms with Crippen molar-refractivity contribution in [2.75, 3.05) is 26.7 Å². The van der Waals surface area contributed by atoms with Gasteiger partial charge in [0.05, 0.1) is 0 Å². The molecule has 2 saturated heterocycles. The normalized spacial score (nSPS) is 30.6. The van der Waals surface area contributed by atoms with Crippen LogP contribution in [0.3, 0.4) is 0 Å². The summed E-state index contributed by atoms with van der Waals surface area (Å²) in [5.41, 5.74) is 0.501. The van der Waals surface area contributed by atoms with Gasteiger partial charge in [-0.25, -0.2) is 0 Å². The van der Waals surface area contributed by atoms with Crippen LogP contribution in [0.5, 0.6) is 0 Å². The van der Waals surface area contributed by atoms with Gasteiger partial charge in [0.25, 0.3) is 5.91 Å². The average molecular weight is 275 g/mol. The van der Waals surface area contributed by atoms with Crippen molar-refractivity contribution in [3.8, 4) is 0 Å². The Morgan fingerprint density at radius 2 is 2.10 bits per heavy atom. The highest BCUT2D eigenvalue weighted by molar-refractivity contribution is 5.92. The van der Waals surface area contributed by atoms with E-state index in [1.807, 2.05) is 11.0 Å². The SMILES string of the molecule is CN1CC[C@H]2CCN(C(=O)c3cc(C4CC4)on3)[C@H]2C1. The molecule has 1 aliphatic carbocycles. The molecule has 2 aliphatic heterocycles. The molecular formula is C15H21N3O2. The molecule has 0 spiro atoms. The molecule has 0 unspecified atom stereocenters. The molecule has 5 nitrogen and oxygen atoms in total. The molecule has 20 heavy (non-hydrogen) atoms. The fourth-order valence-corrected chi connectivity index (χ4v) is 3.65. The minimum Gasteiger partial charge on any atom is -0.360 e. The first-order chi connectivity index (χ1) is 9.72. The third kappa shape index (κ3) is 2.04. The quantitative estimate of drug-likeness (QED) is 0.824. The van der Waals surface area contributed by atoms with Gasteiger partial charge < -0.3 is 14.3 Å². The van der Waals surface area contributed by atoms with Crippen molar-refractivity contribution in [3.05, 3.63) is 17.5 Å². The van der Waals surface area contributed by atoms with Gasteiger partial charge in [-0.15, -0.1) is 0 Å². The largest absolute Gasteiger partial charge is 0.360 e. The first kappa shape index (κ1) is 12.4. The van der Waals surface area contributed by atoms with Gasteiger partial charge in [-0.1, -0.05) is 5.16 Å². The number of nitrogens with zero attached hydrogens (tertiary/aromatic N) is 3. The molecule has 1 saturated carbocycles. The zero-order valence-corrected chi connectivity index (χ0v) is 11.9. The predicted octanol–water partition coefficient (Wildman–Crippen LogP) is 1.72. The lowest BCUT2D eigenvalue weighted by Gasteiger charge is -2.36. The first-order valence-corrected chi connectivity index (χ1v) is 7.68. The molecule has 3 heterocycles. The Morgan fingerprint density at radius 1 is 1.30 bits per heavy atom. The number of aromatic nitrogens is 1. The number of likely N-dealkylation sites (N-methyl/N-ethyl adjacent to an activating group) is 1. The lowest BCUT2D eigenvalue weighted by molar-refractivity contribution is 0.0621. The average Bonchev–Trinajstić information content (AvgIpc) is 3.03. The topological polar surface area (TPSA) is 49.6 Å². The second kappa shape index (κ2) is 4.58. The molecule has 3 aliphatic rings. The van der Waals surface area contributed by atoms with Gasteiger partial charge in [0.2, 0.25) is 0 Å². The number of likely N-dealkylation sites (tertiary alicyclic amines) is 2. The maximum absolute atomic E-state index is 12.6. The van der Waals surface area contributed by atoms with Crippen LogP contribution in [0.15, 0.2) is 10.6 Å². The zero-order valence-electron chi connectivity index (χ0n) is 11.9. The Kier molecular flexibility index (Phi) is 2.84. The molecule has 0 bridgehead atoms. The molecule has 0 N–H and O–H groups in total. The number of piperidine rings is 1. The number of hydrogen-bond donors (Lipinski definition) is 0. The highest BCUT2D eigenvalue weighted by Crippen LogP contribution is 2.40. The Morgan fingerprint density at radius 3 is 2.90 bits per heavy atom. The van der Waals surface area contributed by atoms with Crippen molar-refractivity contribution in [1.29, 1.82) is 0 Å². The van der Waals surface area contributed by atoms with Gasteiger partial charge in [-0.3, -0.25) is 4.79 Å². The minimum atomic E-state index is 0.0588. The van der Waals surface area contributed by atoms with Gasteiger partial charge >= 0.3 is 0 Å². The van der Waals surface area contributed by atoms with Crippen molar-refractivity contribution in [3.63, 3.8) is 0 Å². The number of fused-ring (bicyclic) bond motifs is 1. The van der Waals surface area contributed by atoms with Crippen LogP contribution in [0.4, 0.5) is 0 Å². The van der Waals surface area contributed by atoms with Gasteiger partial charge in [0.1, 0.15) is 5.76 Å². The molecule has 1 amide bonds. The maximum atomic E-state index is 12.6. The number of carbonyl (C=O) groups is 1. The summed E-state index contributed by atoms with van der Waals surface area (Å²) in [6, 6.07) is 2.22. The molecule has 0 aromatic carbocycles. The third-order valence-corrected chi connectivity index (χ3v) is 5.05. The molecule has 0 radical (unpaired) electrons. The van der Waals surface area contributed by atoms with Crippen LogP contribution in [-0.4, -0.2) is 53.6 Å².